The molecule has 0 bridgehead atoms. The van der Waals surface area contributed by atoms with E-state index in [0.717, 1.165) is 32.2 Å². The van der Waals surface area contributed by atoms with Crippen LogP contribution in [0.4, 0.5) is 5.82 Å². The molecule has 0 saturated carbocycles. The van der Waals surface area contributed by atoms with Crippen LogP contribution < -0.4 is 10.1 Å². The zero-order chi connectivity index (χ0) is 17.9. The molecule has 26 heavy (non-hydrogen) atoms. The van der Waals surface area contributed by atoms with E-state index in [1.165, 1.54) is 5.56 Å². The number of thiophene rings is 1. The summed E-state index contributed by atoms with van der Waals surface area (Å²) in [6, 6.07) is 20.7. The summed E-state index contributed by atoms with van der Waals surface area (Å²) in [5.74, 6) is 1.71. The Morgan fingerprint density at radius 3 is 2.58 bits per heavy atom. The van der Waals surface area contributed by atoms with E-state index in [-0.39, 0.29) is 6.04 Å². The monoisotopic (exact) mass is 361 g/mol. The van der Waals surface area contributed by atoms with Gasteiger partial charge in [0.15, 0.2) is 0 Å². The number of rotatable bonds is 5. The van der Waals surface area contributed by atoms with Crippen LogP contribution in [-0.2, 0) is 0 Å². The normalized spacial score (nSPS) is 12.1. The van der Waals surface area contributed by atoms with Gasteiger partial charge in [-0.05, 0) is 30.7 Å². The molecular formula is C21H19N3OS. The van der Waals surface area contributed by atoms with E-state index in [2.05, 4.69) is 46.5 Å². The summed E-state index contributed by atoms with van der Waals surface area (Å²) in [7, 11) is 1.69. The van der Waals surface area contributed by atoms with Crippen LogP contribution in [0.5, 0.6) is 5.75 Å². The largest absolute Gasteiger partial charge is 0.496 e. The Bertz CT molecular complexity index is 1030. The van der Waals surface area contributed by atoms with Crippen LogP contribution in [0.25, 0.3) is 20.7 Å². The molecule has 4 rings (SSSR count). The van der Waals surface area contributed by atoms with E-state index in [1.807, 2.05) is 36.4 Å². The highest BCUT2D eigenvalue weighted by molar-refractivity contribution is 7.22. The van der Waals surface area contributed by atoms with Crippen LogP contribution in [0.3, 0.4) is 0 Å². The summed E-state index contributed by atoms with van der Waals surface area (Å²) in [6.45, 7) is 2.14. The lowest BCUT2D eigenvalue weighted by Gasteiger charge is -2.15. The first-order valence-electron chi connectivity index (χ1n) is 8.45. The summed E-state index contributed by atoms with van der Waals surface area (Å²) in [4.78, 5) is 11.0. The third-order valence-corrected chi connectivity index (χ3v) is 5.43. The molecule has 2 heterocycles. The summed E-state index contributed by atoms with van der Waals surface area (Å²) in [5, 5.41) is 4.55. The number of methoxy groups -OCH3 is 1. The first-order chi connectivity index (χ1) is 12.8. The number of aromatic nitrogens is 2. The van der Waals surface area contributed by atoms with Gasteiger partial charge in [0, 0.05) is 16.5 Å². The number of ether oxygens (including phenoxy) is 1. The highest BCUT2D eigenvalue weighted by Gasteiger charge is 2.14. The summed E-state index contributed by atoms with van der Waals surface area (Å²) in [5.41, 5.74) is 2.29. The quantitative estimate of drug-likeness (QED) is 0.507. The van der Waals surface area contributed by atoms with Crippen molar-refractivity contribution in [2.75, 3.05) is 12.4 Å². The molecule has 0 unspecified atom stereocenters. The molecule has 0 fully saturated rings. The zero-order valence-corrected chi connectivity index (χ0v) is 15.5. The van der Waals surface area contributed by atoms with Crippen molar-refractivity contribution >= 4 is 27.4 Å². The maximum Gasteiger partial charge on any atom is 0.138 e. The number of anilines is 1. The molecule has 0 saturated heterocycles. The second kappa shape index (κ2) is 7.14. The number of hydrogen-bond acceptors (Lipinski definition) is 5. The minimum atomic E-state index is 0.156. The Kier molecular flexibility index (Phi) is 4.54. The number of nitrogens with zero attached hydrogens (tertiary/aromatic N) is 2. The van der Waals surface area contributed by atoms with Crippen molar-refractivity contribution in [2.45, 2.75) is 13.0 Å². The molecule has 5 heteroatoms. The van der Waals surface area contributed by atoms with Gasteiger partial charge in [-0.3, -0.25) is 0 Å². The minimum absolute atomic E-state index is 0.156. The first kappa shape index (κ1) is 16.5. The van der Waals surface area contributed by atoms with Gasteiger partial charge in [-0.25, -0.2) is 9.97 Å². The molecule has 0 radical (unpaired) electrons. The van der Waals surface area contributed by atoms with E-state index < -0.39 is 0 Å². The van der Waals surface area contributed by atoms with E-state index in [4.69, 9.17) is 4.74 Å². The van der Waals surface area contributed by atoms with Crippen molar-refractivity contribution in [3.8, 4) is 16.2 Å². The lowest BCUT2D eigenvalue weighted by atomic mass is 10.1. The van der Waals surface area contributed by atoms with Crippen LogP contribution in [0.1, 0.15) is 18.5 Å². The third kappa shape index (κ3) is 3.13. The van der Waals surface area contributed by atoms with Crippen molar-refractivity contribution < 1.29 is 4.74 Å². The molecule has 2 aromatic carbocycles. The van der Waals surface area contributed by atoms with E-state index in [1.54, 1.807) is 24.8 Å². The molecule has 0 spiro atoms. The minimum Gasteiger partial charge on any atom is -0.496 e. The van der Waals surface area contributed by atoms with Gasteiger partial charge in [0.25, 0.3) is 0 Å². The Balaban J connectivity index is 1.72. The maximum absolute atomic E-state index is 5.50. The fourth-order valence-electron chi connectivity index (χ4n) is 2.98. The van der Waals surface area contributed by atoms with Crippen molar-refractivity contribution in [2.24, 2.45) is 0 Å². The van der Waals surface area contributed by atoms with Crippen molar-refractivity contribution in [3.63, 3.8) is 0 Å². The summed E-state index contributed by atoms with van der Waals surface area (Å²) >= 11 is 1.65. The number of benzene rings is 2. The highest BCUT2D eigenvalue weighted by Crippen LogP contribution is 2.39. The van der Waals surface area contributed by atoms with Crippen LogP contribution in [0.2, 0.25) is 0 Å². The first-order valence-corrected chi connectivity index (χ1v) is 9.27. The Morgan fingerprint density at radius 2 is 1.77 bits per heavy atom. The van der Waals surface area contributed by atoms with Crippen molar-refractivity contribution in [3.05, 3.63) is 72.6 Å². The average Bonchev–Trinajstić information content (AvgIpc) is 3.14. The van der Waals surface area contributed by atoms with Gasteiger partial charge in [-0.15, -0.1) is 11.3 Å². The summed E-state index contributed by atoms with van der Waals surface area (Å²) in [6.07, 6.45) is 1.62. The number of hydrogen-bond donors (Lipinski definition) is 1. The zero-order valence-electron chi connectivity index (χ0n) is 14.6. The Labute approximate surface area is 156 Å². The van der Waals surface area contributed by atoms with Crippen molar-refractivity contribution in [1.29, 1.82) is 0 Å². The van der Waals surface area contributed by atoms with E-state index >= 15 is 0 Å². The maximum atomic E-state index is 5.50. The van der Waals surface area contributed by atoms with Gasteiger partial charge in [-0.1, -0.05) is 42.5 Å². The predicted molar refractivity (Wildman–Crippen MR) is 108 cm³/mol. The van der Waals surface area contributed by atoms with E-state index in [9.17, 15) is 0 Å². The molecule has 4 aromatic rings. The summed E-state index contributed by atoms with van der Waals surface area (Å²) < 4.78 is 5.50. The fraction of sp³-hybridized carbons (Fsp3) is 0.143. The molecule has 2 aromatic heterocycles. The van der Waals surface area contributed by atoms with Crippen molar-refractivity contribution in [1.82, 2.24) is 9.97 Å². The number of fused-ring (bicyclic) bond motifs is 1. The smallest absolute Gasteiger partial charge is 0.138 e. The number of nitrogens with one attached hydrogen (secondary N) is 1. The standard InChI is InChI=1S/C21H19N3OS/c1-14(15-8-4-3-5-9-15)24-20-17-12-19(26-21(17)23-13-22-20)16-10-6-7-11-18(16)25-2/h3-14H,1-2H3,(H,22,23,24)/t14-/m1/s1. The molecule has 0 aliphatic carbocycles. The van der Waals surface area contributed by atoms with Crippen LogP contribution in [0, 0.1) is 0 Å². The fourth-order valence-corrected chi connectivity index (χ4v) is 4.01. The molecule has 0 aliphatic rings. The van der Waals surface area contributed by atoms with Gasteiger partial charge < -0.3 is 10.1 Å². The lowest BCUT2D eigenvalue weighted by Crippen LogP contribution is -2.08. The molecule has 0 aliphatic heterocycles. The third-order valence-electron chi connectivity index (χ3n) is 4.35. The Morgan fingerprint density at radius 1 is 1.00 bits per heavy atom. The molecule has 1 N–H and O–H groups in total. The average molecular weight is 361 g/mol. The van der Waals surface area contributed by atoms with Gasteiger partial charge >= 0.3 is 0 Å². The second-order valence-corrected chi connectivity index (χ2v) is 7.06. The molecule has 4 nitrogen and oxygen atoms in total. The Hall–Kier alpha value is -2.92. The van der Waals surface area contributed by atoms with Crippen LogP contribution in [-0.4, -0.2) is 17.1 Å². The van der Waals surface area contributed by atoms with Gasteiger partial charge in [0.05, 0.1) is 12.5 Å². The molecule has 1 atom stereocenters. The van der Waals surface area contributed by atoms with Gasteiger partial charge in [0.2, 0.25) is 0 Å². The van der Waals surface area contributed by atoms with Crippen LogP contribution >= 0.6 is 11.3 Å². The topological polar surface area (TPSA) is 47.0 Å². The molecular weight excluding hydrogens is 342 g/mol. The number of para-hydroxylation sites is 1. The van der Waals surface area contributed by atoms with Gasteiger partial charge in [-0.2, -0.15) is 0 Å². The predicted octanol–water partition coefficient (Wildman–Crippen LogP) is 5.54. The second-order valence-electron chi connectivity index (χ2n) is 6.03. The van der Waals surface area contributed by atoms with E-state index in [0.29, 0.717) is 0 Å². The molecule has 0 amide bonds. The highest BCUT2D eigenvalue weighted by atomic mass is 32.1. The van der Waals surface area contributed by atoms with Crippen LogP contribution in [0.15, 0.2) is 67.0 Å². The molecule has 130 valence electrons. The SMILES string of the molecule is COc1ccccc1-c1cc2c(N[C@H](C)c3ccccc3)ncnc2s1. The van der Waals surface area contributed by atoms with Gasteiger partial charge in [0.1, 0.15) is 22.7 Å². The lowest BCUT2D eigenvalue weighted by molar-refractivity contribution is 0.416.